The maximum Gasteiger partial charge on any atom is 0.306 e. The number of carbonyl (C=O) groups excluding carboxylic acids is 1. The van der Waals surface area contributed by atoms with Crippen LogP contribution in [0.3, 0.4) is 0 Å². The Morgan fingerprint density at radius 3 is 2.64 bits per heavy atom. The summed E-state index contributed by atoms with van der Waals surface area (Å²) in [6.45, 7) is 10.3. The van der Waals surface area contributed by atoms with E-state index in [-0.39, 0.29) is 36.3 Å². The molecule has 0 saturated carbocycles. The Morgan fingerprint density at radius 2 is 2.00 bits per heavy atom. The maximum absolute atomic E-state index is 11.4. The molecule has 0 radical (unpaired) electrons. The molecule has 1 fully saturated rings. The number of aliphatic hydroxyl groups is 1. The number of esters is 1. The molecule has 6 atom stereocenters. The third kappa shape index (κ3) is 6.63. The number of ether oxygens (including phenoxy) is 3. The van der Waals surface area contributed by atoms with Crippen LogP contribution < -0.4 is 0 Å². The van der Waals surface area contributed by atoms with E-state index in [1.54, 1.807) is 0 Å². The van der Waals surface area contributed by atoms with Crippen molar-refractivity contribution in [1.29, 1.82) is 0 Å². The second-order valence-electron chi connectivity index (χ2n) is 6.63. The Balaban J connectivity index is 2.28. The van der Waals surface area contributed by atoms with E-state index in [1.807, 2.05) is 27.7 Å². The Morgan fingerprint density at radius 1 is 1.32 bits per heavy atom. The van der Waals surface area contributed by atoms with Crippen LogP contribution in [-0.4, -0.2) is 42.3 Å². The fourth-order valence-corrected chi connectivity index (χ4v) is 2.71. The molecule has 0 aromatic carbocycles. The van der Waals surface area contributed by atoms with Gasteiger partial charge >= 0.3 is 5.97 Å². The average Bonchev–Trinajstić information content (AvgIpc) is 2.43. The quantitative estimate of drug-likeness (QED) is 0.698. The molecule has 1 aliphatic heterocycles. The lowest BCUT2D eigenvalue weighted by molar-refractivity contribution is -0.255. The van der Waals surface area contributed by atoms with Crippen LogP contribution in [0.5, 0.6) is 0 Å². The van der Waals surface area contributed by atoms with Crippen molar-refractivity contribution in [3.8, 4) is 0 Å². The van der Waals surface area contributed by atoms with Crippen LogP contribution in [0, 0.1) is 11.8 Å². The Kier molecular flexibility index (Phi) is 8.36. The zero-order valence-corrected chi connectivity index (χ0v) is 14.6. The molecular formula is C17H32O5. The van der Waals surface area contributed by atoms with E-state index < -0.39 is 6.10 Å². The molecule has 0 bridgehead atoms. The van der Waals surface area contributed by atoms with Gasteiger partial charge < -0.3 is 19.3 Å². The minimum Gasteiger partial charge on any atom is -0.466 e. The fourth-order valence-electron chi connectivity index (χ4n) is 2.71. The highest BCUT2D eigenvalue weighted by Gasteiger charge is 2.33. The van der Waals surface area contributed by atoms with Gasteiger partial charge in [0, 0.05) is 12.3 Å². The smallest absolute Gasteiger partial charge is 0.306 e. The van der Waals surface area contributed by atoms with E-state index in [4.69, 9.17) is 14.2 Å². The predicted molar refractivity (Wildman–Crippen MR) is 84.3 cm³/mol. The highest BCUT2D eigenvalue weighted by atomic mass is 16.7. The normalized spacial score (nSPS) is 31.5. The summed E-state index contributed by atoms with van der Waals surface area (Å²) >= 11 is 0. The molecule has 0 amide bonds. The van der Waals surface area contributed by atoms with Crippen molar-refractivity contribution in [3.05, 3.63) is 0 Å². The molecule has 1 saturated heterocycles. The van der Waals surface area contributed by atoms with Crippen molar-refractivity contribution in [1.82, 2.24) is 0 Å². The van der Waals surface area contributed by atoms with Gasteiger partial charge in [-0.15, -0.1) is 0 Å². The van der Waals surface area contributed by atoms with Crippen LogP contribution >= 0.6 is 0 Å². The van der Waals surface area contributed by atoms with E-state index in [0.29, 0.717) is 19.4 Å². The lowest BCUT2D eigenvalue weighted by Crippen LogP contribution is -2.44. The number of rotatable bonds is 8. The van der Waals surface area contributed by atoms with Gasteiger partial charge in [-0.3, -0.25) is 4.79 Å². The minimum absolute atomic E-state index is 0.0690. The van der Waals surface area contributed by atoms with Gasteiger partial charge in [0.05, 0.1) is 24.9 Å². The molecule has 130 valence electrons. The second-order valence-corrected chi connectivity index (χ2v) is 6.63. The molecule has 1 N–H and O–H groups in total. The molecule has 5 nitrogen and oxygen atoms in total. The second kappa shape index (κ2) is 9.48. The molecule has 1 aliphatic rings. The first-order valence-corrected chi connectivity index (χ1v) is 8.48. The van der Waals surface area contributed by atoms with Gasteiger partial charge in [-0.05, 0) is 46.0 Å². The summed E-state index contributed by atoms with van der Waals surface area (Å²) in [5.41, 5.74) is 0. The Hall–Kier alpha value is -0.650. The van der Waals surface area contributed by atoms with E-state index in [0.717, 1.165) is 12.8 Å². The zero-order chi connectivity index (χ0) is 16.7. The first-order chi connectivity index (χ1) is 10.3. The third-order valence-corrected chi connectivity index (χ3v) is 4.22. The number of carbonyl (C=O) groups is 1. The molecule has 0 aromatic heterocycles. The molecule has 1 rings (SSSR count). The summed E-state index contributed by atoms with van der Waals surface area (Å²) in [7, 11) is 0. The van der Waals surface area contributed by atoms with Crippen molar-refractivity contribution < 1.29 is 24.1 Å². The van der Waals surface area contributed by atoms with Crippen molar-refractivity contribution in [3.63, 3.8) is 0 Å². The van der Waals surface area contributed by atoms with Gasteiger partial charge in [-0.25, -0.2) is 0 Å². The van der Waals surface area contributed by atoms with Gasteiger partial charge in [0.1, 0.15) is 0 Å². The van der Waals surface area contributed by atoms with Crippen molar-refractivity contribution in [2.45, 2.75) is 84.9 Å². The number of hydrogen-bond acceptors (Lipinski definition) is 5. The maximum atomic E-state index is 11.4. The van der Waals surface area contributed by atoms with Crippen molar-refractivity contribution in [2.75, 3.05) is 6.61 Å². The molecule has 0 spiro atoms. The Labute approximate surface area is 134 Å². The topological polar surface area (TPSA) is 65.0 Å². The fraction of sp³-hybridized carbons (Fsp3) is 0.941. The molecule has 22 heavy (non-hydrogen) atoms. The molecule has 0 aliphatic carbocycles. The summed E-state index contributed by atoms with van der Waals surface area (Å²) in [6.07, 6.45) is 2.18. The van der Waals surface area contributed by atoms with Gasteiger partial charge in [-0.2, -0.15) is 0 Å². The molecule has 5 heteroatoms. The largest absolute Gasteiger partial charge is 0.466 e. The van der Waals surface area contributed by atoms with E-state index in [1.165, 1.54) is 0 Å². The zero-order valence-electron chi connectivity index (χ0n) is 14.6. The van der Waals surface area contributed by atoms with Crippen LogP contribution in [0.15, 0.2) is 0 Å². The van der Waals surface area contributed by atoms with Gasteiger partial charge in [-0.1, -0.05) is 13.8 Å². The van der Waals surface area contributed by atoms with E-state index in [2.05, 4.69) is 6.92 Å². The van der Waals surface area contributed by atoms with E-state index in [9.17, 15) is 9.90 Å². The van der Waals surface area contributed by atoms with Crippen LogP contribution in [0.2, 0.25) is 0 Å². The monoisotopic (exact) mass is 316 g/mol. The van der Waals surface area contributed by atoms with Crippen LogP contribution in [-0.2, 0) is 19.0 Å². The lowest BCUT2D eigenvalue weighted by atomic mass is 9.96. The van der Waals surface area contributed by atoms with Gasteiger partial charge in [0.15, 0.2) is 6.29 Å². The summed E-state index contributed by atoms with van der Waals surface area (Å²) in [5, 5.41) is 9.78. The van der Waals surface area contributed by atoms with Crippen molar-refractivity contribution in [2.24, 2.45) is 11.8 Å². The molecular weight excluding hydrogens is 284 g/mol. The predicted octanol–water partition coefficient (Wildman–Crippen LogP) is 2.89. The third-order valence-electron chi connectivity index (χ3n) is 4.22. The molecule has 1 heterocycles. The molecule has 3 unspecified atom stereocenters. The summed E-state index contributed by atoms with van der Waals surface area (Å²) in [5.74, 6) is 0.344. The standard InChI is InChI=1S/C17H32O5/c1-6-20-16(19)9-11(2)7-8-13(4)21-17-12(3)10-15(18)14(5)22-17/h11-15,17-18H,6-10H2,1-5H3/t11?,12-,13-,14+,15?,17?/m1/s1. The highest BCUT2D eigenvalue weighted by molar-refractivity contribution is 5.69. The lowest BCUT2D eigenvalue weighted by Gasteiger charge is -2.37. The first kappa shape index (κ1) is 19.4. The number of aliphatic hydroxyl groups excluding tert-OH is 1. The average molecular weight is 316 g/mol. The Bertz CT molecular complexity index is 333. The van der Waals surface area contributed by atoms with E-state index >= 15 is 0 Å². The number of hydrogen-bond donors (Lipinski definition) is 1. The summed E-state index contributed by atoms with van der Waals surface area (Å²) in [4.78, 5) is 11.4. The first-order valence-electron chi connectivity index (χ1n) is 8.48. The minimum atomic E-state index is -0.408. The highest BCUT2D eigenvalue weighted by Crippen LogP contribution is 2.27. The van der Waals surface area contributed by atoms with Crippen LogP contribution in [0.1, 0.15) is 60.3 Å². The van der Waals surface area contributed by atoms with Crippen LogP contribution in [0.25, 0.3) is 0 Å². The van der Waals surface area contributed by atoms with Gasteiger partial charge in [0.25, 0.3) is 0 Å². The summed E-state index contributed by atoms with van der Waals surface area (Å²) < 4.78 is 16.7. The SMILES string of the molecule is CCOC(=O)CC(C)CC[C@@H](C)OC1O[C@@H](C)C(O)C[C@H]1C. The van der Waals surface area contributed by atoms with Gasteiger partial charge in [0.2, 0.25) is 0 Å². The summed E-state index contributed by atoms with van der Waals surface area (Å²) in [6, 6.07) is 0. The van der Waals surface area contributed by atoms with Crippen LogP contribution in [0.4, 0.5) is 0 Å². The van der Waals surface area contributed by atoms with Crippen molar-refractivity contribution >= 4 is 5.97 Å². The molecule has 0 aromatic rings.